The lowest BCUT2D eigenvalue weighted by atomic mass is 10.1. The van der Waals surface area contributed by atoms with Crippen LogP contribution in [0, 0.1) is 5.82 Å². The Balaban J connectivity index is 1.71. The van der Waals surface area contributed by atoms with Crippen LogP contribution >= 0.6 is 12.2 Å². The van der Waals surface area contributed by atoms with E-state index >= 15 is 0 Å². The number of nitrogens with two attached hydrogens (primary N) is 1. The van der Waals surface area contributed by atoms with Crippen molar-refractivity contribution in [3.8, 4) is 0 Å². The molecule has 112 valence electrons. The van der Waals surface area contributed by atoms with Gasteiger partial charge >= 0.3 is 0 Å². The maximum Gasteiger partial charge on any atom is 0.222 e. The Hall–Kier alpha value is -1.53. The van der Waals surface area contributed by atoms with Gasteiger partial charge in [-0.05, 0) is 24.6 Å². The van der Waals surface area contributed by atoms with Gasteiger partial charge in [-0.3, -0.25) is 9.69 Å². The van der Waals surface area contributed by atoms with E-state index in [9.17, 15) is 9.18 Å². The third-order valence-electron chi connectivity index (χ3n) is 4.30. The van der Waals surface area contributed by atoms with Crippen molar-refractivity contribution in [2.45, 2.75) is 25.4 Å². The van der Waals surface area contributed by atoms with Gasteiger partial charge in [0.2, 0.25) is 5.91 Å². The molecule has 0 bridgehead atoms. The second-order valence-corrected chi connectivity index (χ2v) is 6.13. The van der Waals surface area contributed by atoms with E-state index in [0.29, 0.717) is 24.1 Å². The van der Waals surface area contributed by atoms with Crippen LogP contribution in [0.3, 0.4) is 0 Å². The molecule has 1 atom stereocenters. The zero-order valence-electron chi connectivity index (χ0n) is 11.7. The standard InChI is InChI=1S/C15H18FN3OS/c16-13-3-1-10(15(17)21)7-11(13)8-18-5-6-19-12(9-18)2-4-14(19)20/h1,3,7,12H,2,4-6,8-9H2,(H2,17,21). The molecule has 2 fully saturated rings. The van der Waals surface area contributed by atoms with Gasteiger partial charge in [0.15, 0.2) is 0 Å². The number of fused-ring (bicyclic) bond motifs is 1. The maximum absolute atomic E-state index is 13.9. The Bertz CT molecular complexity index is 592. The summed E-state index contributed by atoms with van der Waals surface area (Å²) in [7, 11) is 0. The minimum atomic E-state index is -0.236. The number of hydrogen-bond acceptors (Lipinski definition) is 3. The molecule has 0 aromatic heterocycles. The van der Waals surface area contributed by atoms with Gasteiger partial charge in [0, 0.05) is 49.8 Å². The number of amides is 1. The molecule has 2 N–H and O–H groups in total. The summed E-state index contributed by atoms with van der Waals surface area (Å²) in [6.45, 7) is 2.85. The van der Waals surface area contributed by atoms with Gasteiger partial charge in [0.25, 0.3) is 0 Å². The van der Waals surface area contributed by atoms with Crippen LogP contribution in [0.25, 0.3) is 0 Å². The number of thiocarbonyl (C=S) groups is 1. The average molecular weight is 307 g/mol. The number of rotatable bonds is 3. The molecule has 2 saturated heterocycles. The lowest BCUT2D eigenvalue weighted by Gasteiger charge is -2.37. The highest BCUT2D eigenvalue weighted by atomic mass is 32.1. The molecule has 2 aliphatic rings. The van der Waals surface area contributed by atoms with Gasteiger partial charge in [-0.1, -0.05) is 12.2 Å². The number of benzene rings is 1. The summed E-state index contributed by atoms with van der Waals surface area (Å²) in [4.78, 5) is 16.1. The lowest BCUT2D eigenvalue weighted by molar-refractivity contribution is -0.130. The van der Waals surface area contributed by atoms with E-state index in [-0.39, 0.29) is 22.8 Å². The van der Waals surface area contributed by atoms with E-state index in [1.54, 1.807) is 12.1 Å². The van der Waals surface area contributed by atoms with Crippen molar-refractivity contribution in [2.24, 2.45) is 5.73 Å². The van der Waals surface area contributed by atoms with Crippen LogP contribution < -0.4 is 5.73 Å². The molecule has 1 unspecified atom stereocenters. The van der Waals surface area contributed by atoms with E-state index < -0.39 is 0 Å². The Kier molecular flexibility index (Phi) is 3.91. The Morgan fingerprint density at radius 3 is 3.00 bits per heavy atom. The van der Waals surface area contributed by atoms with E-state index in [1.165, 1.54) is 6.07 Å². The second kappa shape index (κ2) is 5.69. The molecule has 6 heteroatoms. The highest BCUT2D eigenvalue weighted by molar-refractivity contribution is 7.80. The van der Waals surface area contributed by atoms with Crippen LogP contribution in [0.4, 0.5) is 4.39 Å². The SMILES string of the molecule is NC(=S)c1ccc(F)c(CN2CCN3C(=O)CCC3C2)c1. The van der Waals surface area contributed by atoms with Crippen LogP contribution in [-0.2, 0) is 11.3 Å². The van der Waals surface area contributed by atoms with Crippen molar-refractivity contribution in [1.82, 2.24) is 9.80 Å². The van der Waals surface area contributed by atoms with Crippen molar-refractivity contribution in [1.29, 1.82) is 0 Å². The fraction of sp³-hybridized carbons (Fsp3) is 0.467. The number of hydrogen-bond donors (Lipinski definition) is 1. The van der Waals surface area contributed by atoms with Crippen molar-refractivity contribution in [2.75, 3.05) is 19.6 Å². The molecule has 2 aliphatic heterocycles. The van der Waals surface area contributed by atoms with E-state index in [1.807, 2.05) is 4.90 Å². The molecule has 0 spiro atoms. The second-order valence-electron chi connectivity index (χ2n) is 5.69. The molecule has 21 heavy (non-hydrogen) atoms. The van der Waals surface area contributed by atoms with E-state index in [2.05, 4.69) is 4.90 Å². The van der Waals surface area contributed by atoms with Crippen molar-refractivity contribution in [3.63, 3.8) is 0 Å². The number of piperazine rings is 1. The third kappa shape index (κ3) is 2.91. The quantitative estimate of drug-likeness (QED) is 0.854. The molecule has 4 nitrogen and oxygen atoms in total. The summed E-state index contributed by atoms with van der Waals surface area (Å²) in [6.07, 6.45) is 1.55. The number of carbonyl (C=O) groups is 1. The van der Waals surface area contributed by atoms with Crippen LogP contribution in [0.1, 0.15) is 24.0 Å². The topological polar surface area (TPSA) is 49.6 Å². The molecule has 1 aromatic carbocycles. The fourth-order valence-electron chi connectivity index (χ4n) is 3.16. The summed E-state index contributed by atoms with van der Waals surface area (Å²) in [5.41, 5.74) is 6.90. The van der Waals surface area contributed by atoms with Crippen molar-refractivity contribution in [3.05, 3.63) is 35.1 Å². The van der Waals surface area contributed by atoms with Crippen molar-refractivity contribution < 1.29 is 9.18 Å². The number of carbonyl (C=O) groups excluding carboxylic acids is 1. The molecule has 0 aliphatic carbocycles. The maximum atomic E-state index is 13.9. The summed E-state index contributed by atoms with van der Waals surface area (Å²) in [5, 5.41) is 0. The smallest absolute Gasteiger partial charge is 0.222 e. The van der Waals surface area contributed by atoms with Crippen LogP contribution in [0.15, 0.2) is 18.2 Å². The summed E-state index contributed by atoms with van der Waals surface area (Å²) in [5.74, 6) is 0.0150. The van der Waals surface area contributed by atoms with Gasteiger partial charge in [-0.2, -0.15) is 0 Å². The highest BCUT2D eigenvalue weighted by Crippen LogP contribution is 2.24. The first-order valence-corrected chi connectivity index (χ1v) is 7.55. The van der Waals surface area contributed by atoms with Gasteiger partial charge in [-0.25, -0.2) is 4.39 Å². The molecule has 1 aromatic rings. The molecular weight excluding hydrogens is 289 g/mol. The summed E-state index contributed by atoms with van der Waals surface area (Å²) >= 11 is 4.94. The van der Waals surface area contributed by atoms with Gasteiger partial charge < -0.3 is 10.6 Å². The van der Waals surface area contributed by atoms with Crippen molar-refractivity contribution >= 4 is 23.1 Å². The third-order valence-corrected chi connectivity index (χ3v) is 4.54. The minimum Gasteiger partial charge on any atom is -0.389 e. The van der Waals surface area contributed by atoms with Gasteiger partial charge in [0.05, 0.1) is 0 Å². The van der Waals surface area contributed by atoms with E-state index in [0.717, 1.165) is 26.1 Å². The highest BCUT2D eigenvalue weighted by Gasteiger charge is 2.35. The van der Waals surface area contributed by atoms with Gasteiger partial charge in [-0.15, -0.1) is 0 Å². The van der Waals surface area contributed by atoms with Crippen LogP contribution in [0.5, 0.6) is 0 Å². The fourth-order valence-corrected chi connectivity index (χ4v) is 3.29. The Morgan fingerprint density at radius 2 is 2.24 bits per heavy atom. The zero-order valence-corrected chi connectivity index (χ0v) is 12.5. The lowest BCUT2D eigenvalue weighted by Crippen LogP contribution is -2.51. The average Bonchev–Trinajstić information content (AvgIpc) is 2.82. The normalized spacial score (nSPS) is 22.4. The molecule has 0 saturated carbocycles. The summed E-state index contributed by atoms with van der Waals surface area (Å²) in [6, 6.07) is 5.03. The monoisotopic (exact) mass is 307 g/mol. The zero-order chi connectivity index (χ0) is 15.0. The first kappa shape index (κ1) is 14.4. The first-order valence-electron chi connectivity index (χ1n) is 7.14. The largest absolute Gasteiger partial charge is 0.389 e. The molecular formula is C15H18FN3OS. The molecule has 3 rings (SSSR count). The predicted molar refractivity (Wildman–Crippen MR) is 82.3 cm³/mol. The Labute approximate surface area is 128 Å². The molecule has 0 radical (unpaired) electrons. The summed E-state index contributed by atoms with van der Waals surface area (Å²) < 4.78 is 13.9. The van der Waals surface area contributed by atoms with Crippen LogP contribution in [-0.4, -0.2) is 46.4 Å². The number of halogens is 1. The minimum absolute atomic E-state index is 0.236. The number of nitrogens with zero attached hydrogens (tertiary/aromatic N) is 2. The molecule has 1 amide bonds. The molecule has 2 heterocycles. The predicted octanol–water partition coefficient (Wildman–Crippen LogP) is 1.27. The Morgan fingerprint density at radius 1 is 1.43 bits per heavy atom. The van der Waals surface area contributed by atoms with Crippen LogP contribution in [0.2, 0.25) is 0 Å². The van der Waals surface area contributed by atoms with Gasteiger partial charge in [0.1, 0.15) is 10.8 Å². The van der Waals surface area contributed by atoms with E-state index in [4.69, 9.17) is 18.0 Å². The first-order chi connectivity index (χ1) is 10.0.